The van der Waals surface area contributed by atoms with Gasteiger partial charge in [0.05, 0.1) is 11.9 Å². The van der Waals surface area contributed by atoms with Gasteiger partial charge in [-0.05, 0) is 18.1 Å². The van der Waals surface area contributed by atoms with E-state index in [4.69, 9.17) is 10.3 Å². The van der Waals surface area contributed by atoms with Crippen molar-refractivity contribution in [1.29, 1.82) is 0 Å². The average Bonchev–Trinajstić information content (AvgIpc) is 3.27. The molecule has 2 aromatic heterocycles. The van der Waals surface area contributed by atoms with E-state index < -0.39 is 0 Å². The molecule has 0 aliphatic rings. The number of hydrogen-bond donors (Lipinski definition) is 2. The lowest BCUT2D eigenvalue weighted by atomic mass is 10.1. The van der Waals surface area contributed by atoms with E-state index >= 15 is 0 Å². The third kappa shape index (κ3) is 4.17. The lowest BCUT2D eigenvalue weighted by Crippen LogP contribution is -2.21. The van der Waals surface area contributed by atoms with E-state index in [1.165, 1.54) is 18.8 Å². The number of carbonyl (C=O) groups excluding carboxylic acids is 1. The van der Waals surface area contributed by atoms with Crippen LogP contribution in [-0.4, -0.2) is 33.1 Å². The topological polar surface area (TPSA) is 120 Å². The summed E-state index contributed by atoms with van der Waals surface area (Å²) in [4.78, 5) is 24.9. The number of rotatable bonds is 6. The molecule has 0 radical (unpaired) electrons. The SMILES string of the molecule is CNC(=O)c1nc(-c2cccc(-c3noc(CCc4ccccc4)n3)c2)cnc1N. The van der Waals surface area contributed by atoms with Crippen LogP contribution in [0.4, 0.5) is 5.82 Å². The fraction of sp³-hybridized carbons (Fsp3) is 0.136. The molecule has 30 heavy (non-hydrogen) atoms. The Bertz CT molecular complexity index is 1170. The maximum absolute atomic E-state index is 11.9. The van der Waals surface area contributed by atoms with Gasteiger partial charge in [0.1, 0.15) is 0 Å². The van der Waals surface area contributed by atoms with Gasteiger partial charge < -0.3 is 15.6 Å². The molecule has 0 bridgehead atoms. The van der Waals surface area contributed by atoms with Gasteiger partial charge in [-0.25, -0.2) is 9.97 Å². The Hall–Kier alpha value is -4.07. The molecule has 0 unspecified atom stereocenters. The van der Waals surface area contributed by atoms with E-state index in [1.54, 1.807) is 0 Å². The highest BCUT2D eigenvalue weighted by molar-refractivity contribution is 5.96. The summed E-state index contributed by atoms with van der Waals surface area (Å²) in [5.74, 6) is 0.762. The van der Waals surface area contributed by atoms with E-state index in [1.807, 2.05) is 42.5 Å². The number of benzene rings is 2. The molecule has 2 aromatic carbocycles. The van der Waals surface area contributed by atoms with E-state index in [-0.39, 0.29) is 17.4 Å². The first-order valence-electron chi connectivity index (χ1n) is 9.46. The van der Waals surface area contributed by atoms with Gasteiger partial charge in [-0.3, -0.25) is 4.79 Å². The maximum atomic E-state index is 11.9. The molecule has 2 heterocycles. The summed E-state index contributed by atoms with van der Waals surface area (Å²) in [6.07, 6.45) is 3.02. The van der Waals surface area contributed by atoms with Crippen LogP contribution in [0.2, 0.25) is 0 Å². The standard InChI is InChI=1S/C22H20N6O2/c1-24-22(29)19-20(23)25-13-17(26-19)15-8-5-9-16(12-15)21-27-18(30-28-21)11-10-14-6-3-2-4-7-14/h2-9,12-13H,10-11H2,1H3,(H2,23,25)(H,24,29). The number of nitrogens with one attached hydrogen (secondary N) is 1. The molecule has 8 heteroatoms. The summed E-state index contributed by atoms with van der Waals surface area (Å²) in [6, 6.07) is 17.6. The largest absolute Gasteiger partial charge is 0.382 e. The number of nitrogens with zero attached hydrogens (tertiary/aromatic N) is 4. The minimum Gasteiger partial charge on any atom is -0.382 e. The Morgan fingerprint density at radius 2 is 1.83 bits per heavy atom. The molecule has 4 aromatic rings. The van der Waals surface area contributed by atoms with Gasteiger partial charge in [0, 0.05) is 24.6 Å². The summed E-state index contributed by atoms with van der Waals surface area (Å²) in [6.45, 7) is 0. The summed E-state index contributed by atoms with van der Waals surface area (Å²) in [7, 11) is 1.52. The molecule has 0 aliphatic heterocycles. The zero-order valence-electron chi connectivity index (χ0n) is 16.4. The van der Waals surface area contributed by atoms with Crippen molar-refractivity contribution >= 4 is 11.7 Å². The smallest absolute Gasteiger partial charge is 0.273 e. The van der Waals surface area contributed by atoms with E-state index in [0.717, 1.165) is 17.5 Å². The van der Waals surface area contributed by atoms with Crippen LogP contribution in [0.15, 0.2) is 65.3 Å². The first-order chi connectivity index (χ1) is 14.6. The molecule has 0 aliphatic carbocycles. The molecule has 0 saturated heterocycles. The van der Waals surface area contributed by atoms with Crippen molar-refractivity contribution in [1.82, 2.24) is 25.4 Å². The molecule has 0 spiro atoms. The summed E-state index contributed by atoms with van der Waals surface area (Å²) in [5.41, 5.74) is 9.14. The molecule has 8 nitrogen and oxygen atoms in total. The van der Waals surface area contributed by atoms with Gasteiger partial charge in [0.25, 0.3) is 5.91 Å². The number of aromatic nitrogens is 4. The van der Waals surface area contributed by atoms with Crippen molar-refractivity contribution in [2.24, 2.45) is 0 Å². The number of amides is 1. The highest BCUT2D eigenvalue weighted by Crippen LogP contribution is 2.24. The Morgan fingerprint density at radius 1 is 1.03 bits per heavy atom. The Labute approximate surface area is 173 Å². The van der Waals surface area contributed by atoms with E-state index in [9.17, 15) is 4.79 Å². The number of hydrogen-bond acceptors (Lipinski definition) is 7. The van der Waals surface area contributed by atoms with Gasteiger partial charge in [-0.2, -0.15) is 4.98 Å². The monoisotopic (exact) mass is 400 g/mol. The van der Waals surface area contributed by atoms with Crippen LogP contribution in [0.1, 0.15) is 21.9 Å². The third-order valence-electron chi connectivity index (χ3n) is 4.60. The van der Waals surface area contributed by atoms with Gasteiger partial charge in [-0.1, -0.05) is 53.7 Å². The van der Waals surface area contributed by atoms with Crippen molar-refractivity contribution in [2.75, 3.05) is 12.8 Å². The minimum absolute atomic E-state index is 0.0791. The number of nitrogens with two attached hydrogens (primary N) is 1. The second kappa shape index (κ2) is 8.52. The first kappa shape index (κ1) is 19.3. The zero-order chi connectivity index (χ0) is 20.9. The molecular weight excluding hydrogens is 380 g/mol. The molecular formula is C22H20N6O2. The van der Waals surface area contributed by atoms with Crippen molar-refractivity contribution in [3.05, 3.63) is 77.9 Å². The molecule has 4 rings (SSSR count). The van der Waals surface area contributed by atoms with Gasteiger partial charge in [0.15, 0.2) is 11.5 Å². The van der Waals surface area contributed by atoms with Gasteiger partial charge >= 0.3 is 0 Å². The molecule has 0 atom stereocenters. The lowest BCUT2D eigenvalue weighted by Gasteiger charge is -2.06. The fourth-order valence-corrected chi connectivity index (χ4v) is 3.01. The Morgan fingerprint density at radius 3 is 2.63 bits per heavy atom. The van der Waals surface area contributed by atoms with Crippen LogP contribution >= 0.6 is 0 Å². The lowest BCUT2D eigenvalue weighted by molar-refractivity contribution is 0.0959. The van der Waals surface area contributed by atoms with Crippen LogP contribution in [0.3, 0.4) is 0 Å². The average molecular weight is 400 g/mol. The van der Waals surface area contributed by atoms with Crippen LogP contribution in [0.5, 0.6) is 0 Å². The fourth-order valence-electron chi connectivity index (χ4n) is 3.01. The van der Waals surface area contributed by atoms with Crippen molar-refractivity contribution < 1.29 is 9.32 Å². The van der Waals surface area contributed by atoms with Crippen LogP contribution in [0, 0.1) is 0 Å². The number of anilines is 1. The first-order valence-corrected chi connectivity index (χ1v) is 9.46. The van der Waals surface area contributed by atoms with Crippen LogP contribution in [0.25, 0.3) is 22.6 Å². The van der Waals surface area contributed by atoms with Gasteiger partial charge in [-0.15, -0.1) is 0 Å². The molecule has 150 valence electrons. The second-order valence-corrected chi connectivity index (χ2v) is 6.65. The number of aryl methyl sites for hydroxylation is 2. The van der Waals surface area contributed by atoms with E-state index in [2.05, 4.69) is 37.6 Å². The Kier molecular flexibility index (Phi) is 5.47. The van der Waals surface area contributed by atoms with Crippen LogP contribution in [-0.2, 0) is 12.8 Å². The normalized spacial score (nSPS) is 10.7. The summed E-state index contributed by atoms with van der Waals surface area (Å²) in [5, 5.41) is 6.61. The quantitative estimate of drug-likeness (QED) is 0.510. The number of nitrogen functional groups attached to an aromatic ring is 1. The van der Waals surface area contributed by atoms with Crippen molar-refractivity contribution in [3.8, 4) is 22.6 Å². The third-order valence-corrected chi connectivity index (χ3v) is 4.60. The number of carbonyl (C=O) groups is 1. The predicted octanol–water partition coefficient (Wildman–Crippen LogP) is 2.92. The van der Waals surface area contributed by atoms with Crippen molar-refractivity contribution in [2.45, 2.75) is 12.8 Å². The molecule has 0 fully saturated rings. The van der Waals surface area contributed by atoms with Crippen LogP contribution < -0.4 is 11.1 Å². The highest BCUT2D eigenvalue weighted by Gasteiger charge is 2.14. The zero-order valence-corrected chi connectivity index (χ0v) is 16.4. The van der Waals surface area contributed by atoms with E-state index in [0.29, 0.717) is 23.8 Å². The maximum Gasteiger partial charge on any atom is 0.273 e. The molecule has 0 saturated carbocycles. The predicted molar refractivity (Wildman–Crippen MR) is 112 cm³/mol. The summed E-state index contributed by atoms with van der Waals surface area (Å²) < 4.78 is 5.41. The molecule has 1 amide bonds. The molecule has 3 N–H and O–H groups in total. The van der Waals surface area contributed by atoms with Gasteiger partial charge in [0.2, 0.25) is 11.7 Å². The Balaban J connectivity index is 1.56. The minimum atomic E-state index is -0.390. The highest BCUT2D eigenvalue weighted by atomic mass is 16.5. The van der Waals surface area contributed by atoms with Crippen molar-refractivity contribution in [3.63, 3.8) is 0 Å². The summed E-state index contributed by atoms with van der Waals surface area (Å²) >= 11 is 0. The second-order valence-electron chi connectivity index (χ2n) is 6.65.